The lowest BCUT2D eigenvalue weighted by molar-refractivity contribution is 0.345. The van der Waals surface area contributed by atoms with Crippen molar-refractivity contribution in [3.05, 3.63) is 0 Å². The monoisotopic (exact) mass is 144 g/mol. The fourth-order valence-electron chi connectivity index (χ4n) is 0.976. The Labute approximate surface area is 61.2 Å². The van der Waals surface area contributed by atoms with Crippen molar-refractivity contribution in [2.75, 3.05) is 13.1 Å². The first-order valence-electron chi connectivity index (χ1n) is 3.39. The van der Waals surface area contributed by atoms with E-state index >= 15 is 0 Å². The molecule has 1 N–H and O–H groups in total. The number of hydrazine groups is 1. The fraction of sp³-hybridized carbons (Fsp3) is 0.833. The summed E-state index contributed by atoms with van der Waals surface area (Å²) in [6, 6.07) is 0. The molecule has 1 heterocycles. The third kappa shape index (κ3) is 2.28. The molecule has 1 fully saturated rings. The van der Waals surface area contributed by atoms with Gasteiger partial charge < -0.3 is 5.01 Å². The molecule has 0 amide bonds. The zero-order valence-electron chi connectivity index (χ0n) is 5.47. The minimum atomic E-state index is 1.07. The molecule has 0 radical (unpaired) electrons. The Kier molecular flexibility index (Phi) is 2.94. The van der Waals surface area contributed by atoms with Crippen LogP contribution < -0.4 is 5.43 Å². The van der Waals surface area contributed by atoms with Crippen LogP contribution in [0.15, 0.2) is 0 Å². The zero-order chi connectivity index (χ0) is 6.53. The van der Waals surface area contributed by atoms with E-state index in [4.69, 9.17) is 12.2 Å². The second-order valence-corrected chi connectivity index (χ2v) is 2.48. The summed E-state index contributed by atoms with van der Waals surface area (Å²) >= 11 is 4.77. The standard InChI is InChI=1S/C6H12N2S/c9-6-8-5-3-1-2-4-7-8/h6-7H,1-5H2. The van der Waals surface area contributed by atoms with E-state index in [1.807, 2.05) is 5.01 Å². The molecule has 1 aliphatic rings. The molecule has 0 aliphatic carbocycles. The van der Waals surface area contributed by atoms with Gasteiger partial charge in [-0.05, 0) is 12.8 Å². The maximum Gasteiger partial charge on any atom is 0.0787 e. The van der Waals surface area contributed by atoms with Crippen molar-refractivity contribution in [1.82, 2.24) is 10.4 Å². The second-order valence-electron chi connectivity index (χ2n) is 2.27. The largest absolute Gasteiger partial charge is 0.305 e. The van der Waals surface area contributed by atoms with E-state index in [1.54, 1.807) is 5.49 Å². The molecule has 1 rings (SSSR count). The first kappa shape index (κ1) is 6.96. The summed E-state index contributed by atoms with van der Waals surface area (Å²) in [5.41, 5.74) is 4.89. The normalized spacial score (nSPS) is 21.1. The van der Waals surface area contributed by atoms with E-state index in [2.05, 4.69) is 5.43 Å². The Hall–Kier alpha value is -0.150. The van der Waals surface area contributed by atoms with Crippen LogP contribution in [0.4, 0.5) is 0 Å². The van der Waals surface area contributed by atoms with Crippen molar-refractivity contribution in [2.45, 2.75) is 19.3 Å². The highest BCUT2D eigenvalue weighted by Gasteiger charge is 2.01. The number of rotatable bonds is 1. The molecule has 0 spiro atoms. The lowest BCUT2D eigenvalue weighted by Crippen LogP contribution is -2.35. The number of hydrogen-bond acceptors (Lipinski definition) is 2. The van der Waals surface area contributed by atoms with Crippen LogP contribution in [0.3, 0.4) is 0 Å². The van der Waals surface area contributed by atoms with E-state index in [-0.39, 0.29) is 0 Å². The van der Waals surface area contributed by atoms with Crippen molar-refractivity contribution >= 4 is 17.7 Å². The van der Waals surface area contributed by atoms with E-state index in [1.165, 1.54) is 19.3 Å². The van der Waals surface area contributed by atoms with Gasteiger partial charge in [-0.1, -0.05) is 18.6 Å². The number of nitrogens with one attached hydrogen (secondary N) is 1. The van der Waals surface area contributed by atoms with E-state index in [0.29, 0.717) is 0 Å². The summed E-state index contributed by atoms with van der Waals surface area (Å²) in [6.07, 6.45) is 3.87. The van der Waals surface area contributed by atoms with Crippen molar-refractivity contribution in [1.29, 1.82) is 0 Å². The van der Waals surface area contributed by atoms with Gasteiger partial charge in [-0.3, -0.25) is 0 Å². The first-order valence-corrected chi connectivity index (χ1v) is 3.86. The van der Waals surface area contributed by atoms with Crippen LogP contribution in [-0.2, 0) is 0 Å². The highest BCUT2D eigenvalue weighted by atomic mass is 32.1. The van der Waals surface area contributed by atoms with Gasteiger partial charge >= 0.3 is 0 Å². The Morgan fingerprint density at radius 2 is 2.22 bits per heavy atom. The van der Waals surface area contributed by atoms with Crippen LogP contribution in [0, 0.1) is 0 Å². The third-order valence-corrected chi connectivity index (χ3v) is 1.77. The molecular weight excluding hydrogens is 132 g/mol. The Morgan fingerprint density at radius 3 is 3.00 bits per heavy atom. The Morgan fingerprint density at radius 1 is 1.33 bits per heavy atom. The van der Waals surface area contributed by atoms with Gasteiger partial charge in [0.05, 0.1) is 5.49 Å². The molecule has 9 heavy (non-hydrogen) atoms. The zero-order valence-corrected chi connectivity index (χ0v) is 6.28. The minimum Gasteiger partial charge on any atom is -0.305 e. The summed E-state index contributed by atoms with van der Waals surface area (Å²) in [7, 11) is 0. The molecule has 0 atom stereocenters. The maximum atomic E-state index is 4.77. The van der Waals surface area contributed by atoms with Gasteiger partial charge in [-0.25, -0.2) is 5.43 Å². The van der Waals surface area contributed by atoms with Crippen molar-refractivity contribution in [3.63, 3.8) is 0 Å². The lowest BCUT2D eigenvalue weighted by Gasteiger charge is -2.15. The maximum absolute atomic E-state index is 4.77. The highest BCUT2D eigenvalue weighted by molar-refractivity contribution is 7.78. The van der Waals surface area contributed by atoms with Crippen LogP contribution in [-0.4, -0.2) is 23.6 Å². The van der Waals surface area contributed by atoms with Crippen LogP contribution in [0.1, 0.15) is 19.3 Å². The van der Waals surface area contributed by atoms with E-state index in [9.17, 15) is 0 Å². The highest BCUT2D eigenvalue weighted by Crippen LogP contribution is 1.99. The Balaban J connectivity index is 2.26. The van der Waals surface area contributed by atoms with Crippen LogP contribution in [0.25, 0.3) is 0 Å². The predicted molar refractivity (Wildman–Crippen MR) is 42.2 cm³/mol. The summed E-state index contributed by atoms with van der Waals surface area (Å²) < 4.78 is 0. The molecule has 2 nitrogen and oxygen atoms in total. The summed E-state index contributed by atoms with van der Waals surface area (Å²) in [6.45, 7) is 2.15. The molecule has 0 aromatic rings. The van der Waals surface area contributed by atoms with E-state index in [0.717, 1.165) is 13.1 Å². The number of thiocarbonyl (C=S) groups is 1. The fourth-order valence-corrected chi connectivity index (χ4v) is 1.16. The summed E-state index contributed by atoms with van der Waals surface area (Å²) in [5, 5.41) is 1.99. The van der Waals surface area contributed by atoms with Crippen LogP contribution in [0.2, 0.25) is 0 Å². The average molecular weight is 144 g/mol. The molecule has 0 aromatic carbocycles. The van der Waals surface area contributed by atoms with Gasteiger partial charge in [0.15, 0.2) is 0 Å². The third-order valence-electron chi connectivity index (χ3n) is 1.52. The van der Waals surface area contributed by atoms with Gasteiger partial charge in [0, 0.05) is 13.1 Å². The van der Waals surface area contributed by atoms with Crippen molar-refractivity contribution in [3.8, 4) is 0 Å². The van der Waals surface area contributed by atoms with Gasteiger partial charge in [0.25, 0.3) is 0 Å². The topological polar surface area (TPSA) is 15.3 Å². The molecule has 3 heteroatoms. The predicted octanol–water partition coefficient (Wildman–Crippen LogP) is 0.934. The minimum absolute atomic E-state index is 1.07. The van der Waals surface area contributed by atoms with Crippen molar-refractivity contribution in [2.24, 2.45) is 0 Å². The van der Waals surface area contributed by atoms with Gasteiger partial charge in [-0.2, -0.15) is 0 Å². The molecule has 0 unspecified atom stereocenters. The second kappa shape index (κ2) is 3.80. The quantitative estimate of drug-likeness (QED) is 0.551. The van der Waals surface area contributed by atoms with Crippen LogP contribution >= 0.6 is 12.2 Å². The van der Waals surface area contributed by atoms with Crippen LogP contribution in [0.5, 0.6) is 0 Å². The van der Waals surface area contributed by atoms with E-state index < -0.39 is 0 Å². The van der Waals surface area contributed by atoms with Crippen molar-refractivity contribution < 1.29 is 0 Å². The summed E-state index contributed by atoms with van der Waals surface area (Å²) in [4.78, 5) is 0. The number of hydrogen-bond donors (Lipinski definition) is 1. The number of nitrogens with zero attached hydrogens (tertiary/aromatic N) is 1. The van der Waals surface area contributed by atoms with Gasteiger partial charge in [0.1, 0.15) is 0 Å². The Bertz CT molecular complexity index is 87.1. The SMILES string of the molecule is S=CN1CCCCCN1. The molecule has 0 saturated carbocycles. The molecule has 1 aliphatic heterocycles. The molecule has 1 saturated heterocycles. The average Bonchev–Trinajstić information content (AvgIpc) is 2.13. The molecule has 0 aromatic heterocycles. The van der Waals surface area contributed by atoms with Gasteiger partial charge in [-0.15, -0.1) is 0 Å². The lowest BCUT2D eigenvalue weighted by atomic mass is 10.2. The summed E-state index contributed by atoms with van der Waals surface area (Å²) in [5.74, 6) is 0. The molecular formula is C6H12N2S. The smallest absolute Gasteiger partial charge is 0.0787 e. The van der Waals surface area contributed by atoms with Gasteiger partial charge in [0.2, 0.25) is 0 Å². The molecule has 52 valence electrons. The first-order chi connectivity index (χ1) is 4.43. The molecule has 0 bridgehead atoms.